The number of carbonyl (C=O) groups excluding carboxylic acids is 1. The van der Waals surface area contributed by atoms with Crippen LogP contribution < -0.4 is 10.6 Å². The largest absolute Gasteiger partial charge is 0.481 e. The van der Waals surface area contributed by atoms with Gasteiger partial charge in [-0.2, -0.15) is 0 Å². The van der Waals surface area contributed by atoms with Crippen LogP contribution in [-0.4, -0.2) is 23.7 Å². The van der Waals surface area contributed by atoms with E-state index in [-0.39, 0.29) is 24.4 Å². The Morgan fingerprint density at radius 1 is 1.38 bits per heavy atom. The van der Waals surface area contributed by atoms with Crippen LogP contribution in [0.2, 0.25) is 0 Å². The van der Waals surface area contributed by atoms with E-state index in [4.69, 9.17) is 5.11 Å². The lowest BCUT2D eigenvalue weighted by Gasteiger charge is -2.17. The summed E-state index contributed by atoms with van der Waals surface area (Å²) >= 11 is 1.72. The molecule has 0 bridgehead atoms. The van der Waals surface area contributed by atoms with E-state index in [9.17, 15) is 9.59 Å². The van der Waals surface area contributed by atoms with E-state index in [1.165, 1.54) is 9.75 Å². The third kappa shape index (κ3) is 5.75. The molecule has 118 valence electrons. The van der Waals surface area contributed by atoms with Gasteiger partial charge in [-0.3, -0.25) is 4.79 Å². The minimum atomic E-state index is -0.832. The fraction of sp³-hybridized carbons (Fsp3) is 0.600. The van der Waals surface area contributed by atoms with Crippen LogP contribution in [0.4, 0.5) is 4.79 Å². The first-order valence-electron chi connectivity index (χ1n) is 7.16. The Balaban J connectivity index is 2.46. The molecule has 0 aliphatic rings. The lowest BCUT2D eigenvalue weighted by molar-refractivity contribution is -0.138. The van der Waals surface area contributed by atoms with E-state index in [2.05, 4.69) is 16.7 Å². The fourth-order valence-electron chi connectivity index (χ4n) is 2.25. The van der Waals surface area contributed by atoms with Crippen molar-refractivity contribution in [3.63, 3.8) is 0 Å². The highest BCUT2D eigenvalue weighted by molar-refractivity contribution is 7.12. The molecule has 3 N–H and O–H groups in total. The zero-order valence-corrected chi connectivity index (χ0v) is 13.8. The molecule has 0 aliphatic heterocycles. The number of urea groups is 1. The Labute approximate surface area is 129 Å². The molecule has 2 atom stereocenters. The molecule has 0 saturated carbocycles. The van der Waals surface area contributed by atoms with Gasteiger partial charge in [-0.1, -0.05) is 13.3 Å². The monoisotopic (exact) mass is 312 g/mol. The minimum Gasteiger partial charge on any atom is -0.481 e. The van der Waals surface area contributed by atoms with Crippen molar-refractivity contribution in [3.8, 4) is 0 Å². The first-order valence-corrected chi connectivity index (χ1v) is 7.98. The summed E-state index contributed by atoms with van der Waals surface area (Å²) in [4.78, 5) is 25.0. The van der Waals surface area contributed by atoms with E-state index < -0.39 is 5.97 Å². The summed E-state index contributed by atoms with van der Waals surface area (Å²) in [6.45, 7) is 8.34. The minimum absolute atomic E-state index is 0.0336. The van der Waals surface area contributed by atoms with Gasteiger partial charge in [-0.15, -0.1) is 11.3 Å². The average molecular weight is 312 g/mol. The van der Waals surface area contributed by atoms with Crippen molar-refractivity contribution < 1.29 is 14.7 Å². The number of thiophene rings is 1. The van der Waals surface area contributed by atoms with Gasteiger partial charge in [0.2, 0.25) is 0 Å². The van der Waals surface area contributed by atoms with Crippen LogP contribution in [0, 0.1) is 19.8 Å². The maximum Gasteiger partial charge on any atom is 0.315 e. The quantitative estimate of drug-likeness (QED) is 0.723. The number of carbonyl (C=O) groups is 2. The fourth-order valence-corrected chi connectivity index (χ4v) is 3.27. The second kappa shape index (κ2) is 8.02. The van der Waals surface area contributed by atoms with Gasteiger partial charge in [-0.05, 0) is 38.3 Å². The van der Waals surface area contributed by atoms with Crippen LogP contribution in [0.1, 0.15) is 48.0 Å². The highest BCUT2D eigenvalue weighted by Crippen LogP contribution is 2.25. The molecule has 1 aromatic rings. The smallest absolute Gasteiger partial charge is 0.315 e. The molecule has 2 unspecified atom stereocenters. The third-order valence-corrected chi connectivity index (χ3v) is 4.47. The summed E-state index contributed by atoms with van der Waals surface area (Å²) in [5.74, 6) is -0.865. The molecule has 1 rings (SSSR count). The van der Waals surface area contributed by atoms with Crippen LogP contribution in [0.5, 0.6) is 0 Å². The lowest BCUT2D eigenvalue weighted by Crippen LogP contribution is -2.39. The van der Waals surface area contributed by atoms with Gasteiger partial charge in [0.15, 0.2) is 0 Å². The second-order valence-corrected chi connectivity index (χ2v) is 6.78. The SMILES string of the molecule is CCC(CNC(=O)NC(C)c1cc(C)sc1C)CC(=O)O. The first kappa shape index (κ1) is 17.5. The average Bonchev–Trinajstić information content (AvgIpc) is 2.73. The van der Waals surface area contributed by atoms with Crippen LogP contribution in [-0.2, 0) is 4.79 Å². The summed E-state index contributed by atoms with van der Waals surface area (Å²) in [5.41, 5.74) is 1.13. The van der Waals surface area contributed by atoms with Crippen LogP contribution >= 0.6 is 11.3 Å². The van der Waals surface area contributed by atoms with Crippen LogP contribution in [0.15, 0.2) is 6.07 Å². The van der Waals surface area contributed by atoms with E-state index in [1.807, 2.05) is 27.7 Å². The number of carboxylic acids is 1. The van der Waals surface area contributed by atoms with Gasteiger partial charge in [0.25, 0.3) is 0 Å². The Morgan fingerprint density at radius 2 is 2.05 bits per heavy atom. The van der Waals surface area contributed by atoms with E-state index >= 15 is 0 Å². The number of aliphatic carboxylic acids is 1. The van der Waals surface area contributed by atoms with Crippen LogP contribution in [0.25, 0.3) is 0 Å². The summed E-state index contributed by atoms with van der Waals surface area (Å²) in [5, 5.41) is 14.4. The second-order valence-electron chi connectivity index (χ2n) is 5.32. The number of nitrogens with one attached hydrogen (secondary N) is 2. The summed E-state index contributed by atoms with van der Waals surface area (Å²) in [6, 6.07) is 1.77. The van der Waals surface area contributed by atoms with E-state index in [0.29, 0.717) is 6.54 Å². The maximum atomic E-state index is 11.9. The van der Waals surface area contributed by atoms with Crippen molar-refractivity contribution in [3.05, 3.63) is 21.4 Å². The predicted molar refractivity (Wildman–Crippen MR) is 84.8 cm³/mol. The summed E-state index contributed by atoms with van der Waals surface area (Å²) < 4.78 is 0. The van der Waals surface area contributed by atoms with Gasteiger partial charge in [-0.25, -0.2) is 4.79 Å². The Morgan fingerprint density at radius 3 is 2.52 bits per heavy atom. The van der Waals surface area contributed by atoms with Crippen molar-refractivity contribution in [2.24, 2.45) is 5.92 Å². The lowest BCUT2D eigenvalue weighted by atomic mass is 10.0. The number of amides is 2. The summed E-state index contributed by atoms with van der Waals surface area (Å²) in [6.07, 6.45) is 0.806. The molecule has 5 nitrogen and oxygen atoms in total. The van der Waals surface area contributed by atoms with Crippen LogP contribution in [0.3, 0.4) is 0 Å². The standard InChI is InChI=1S/C15H24N2O3S/c1-5-12(7-14(18)19)8-16-15(20)17-10(3)13-6-9(2)21-11(13)4/h6,10,12H,5,7-8H2,1-4H3,(H,18,19)(H2,16,17,20). The molecule has 0 saturated heterocycles. The number of hydrogen-bond acceptors (Lipinski definition) is 3. The molecule has 1 heterocycles. The molecule has 0 fully saturated rings. The molecule has 0 spiro atoms. The van der Waals surface area contributed by atoms with Crippen molar-refractivity contribution in [1.82, 2.24) is 10.6 Å². The number of aryl methyl sites for hydroxylation is 2. The molecule has 2 amide bonds. The van der Waals surface area contributed by atoms with Crippen molar-refractivity contribution in [1.29, 1.82) is 0 Å². The van der Waals surface area contributed by atoms with Gasteiger partial charge in [0, 0.05) is 22.7 Å². The van der Waals surface area contributed by atoms with E-state index in [0.717, 1.165) is 12.0 Å². The van der Waals surface area contributed by atoms with Gasteiger partial charge in [0.1, 0.15) is 0 Å². The Hall–Kier alpha value is -1.56. The molecule has 0 aliphatic carbocycles. The number of carboxylic acid groups (broad SMARTS) is 1. The highest BCUT2D eigenvalue weighted by atomic mass is 32.1. The zero-order chi connectivity index (χ0) is 16.0. The van der Waals surface area contributed by atoms with Crippen molar-refractivity contribution in [2.75, 3.05) is 6.54 Å². The third-order valence-electron chi connectivity index (χ3n) is 3.49. The zero-order valence-electron chi connectivity index (χ0n) is 13.0. The van der Waals surface area contributed by atoms with Gasteiger partial charge in [0.05, 0.1) is 6.04 Å². The maximum absolute atomic E-state index is 11.9. The van der Waals surface area contributed by atoms with Gasteiger partial charge < -0.3 is 15.7 Å². The van der Waals surface area contributed by atoms with Crippen molar-refractivity contribution in [2.45, 2.75) is 46.6 Å². The normalized spacial score (nSPS) is 13.5. The van der Waals surface area contributed by atoms with Gasteiger partial charge >= 0.3 is 12.0 Å². The molecule has 21 heavy (non-hydrogen) atoms. The Kier molecular flexibility index (Phi) is 6.68. The van der Waals surface area contributed by atoms with Crippen molar-refractivity contribution >= 4 is 23.3 Å². The predicted octanol–water partition coefficient (Wildman–Crippen LogP) is 3.23. The first-order chi connectivity index (χ1) is 9.83. The summed E-state index contributed by atoms with van der Waals surface area (Å²) in [7, 11) is 0. The molecule has 0 aromatic carbocycles. The number of rotatable bonds is 7. The molecular weight excluding hydrogens is 288 g/mol. The molecule has 0 radical (unpaired) electrons. The Bertz CT molecular complexity index is 499. The molecule has 6 heteroatoms. The molecular formula is C15H24N2O3S. The number of hydrogen-bond donors (Lipinski definition) is 3. The molecule has 1 aromatic heterocycles. The topological polar surface area (TPSA) is 78.4 Å². The highest BCUT2D eigenvalue weighted by Gasteiger charge is 2.16. The van der Waals surface area contributed by atoms with E-state index in [1.54, 1.807) is 11.3 Å².